The number of rotatable bonds is 9. The number of piperidine rings is 1. The minimum absolute atomic E-state index is 0. The van der Waals surface area contributed by atoms with Crippen LogP contribution in [0.2, 0.25) is 0 Å². The molecule has 0 radical (unpaired) electrons. The zero-order valence-corrected chi connectivity index (χ0v) is 21.3. The van der Waals surface area contributed by atoms with Crippen molar-refractivity contribution in [3.8, 4) is 0 Å². The monoisotopic (exact) mass is 508 g/mol. The van der Waals surface area contributed by atoms with Crippen LogP contribution >= 0.6 is 24.0 Å². The van der Waals surface area contributed by atoms with E-state index >= 15 is 0 Å². The molecule has 1 N–H and O–H groups in total. The number of nitrogens with zero attached hydrogens (tertiary/aromatic N) is 3. The number of ether oxygens (including phenoxy) is 1. The molecule has 0 bridgehead atoms. The number of hydrogen-bond acceptors (Lipinski definition) is 3. The van der Waals surface area contributed by atoms with E-state index in [1.165, 1.54) is 25.7 Å². The lowest BCUT2D eigenvalue weighted by molar-refractivity contribution is 0.00102. The number of guanidine groups is 1. The quantitative estimate of drug-likeness (QED) is 0.218. The van der Waals surface area contributed by atoms with Crippen LogP contribution in [0.5, 0.6) is 0 Å². The summed E-state index contributed by atoms with van der Waals surface area (Å²) in [5, 5.41) is 3.57. The van der Waals surface area contributed by atoms with Crippen molar-refractivity contribution >= 4 is 29.9 Å². The van der Waals surface area contributed by atoms with Crippen LogP contribution in [-0.2, 0) is 4.74 Å². The minimum atomic E-state index is 0. The van der Waals surface area contributed by atoms with Gasteiger partial charge in [-0.05, 0) is 65.7 Å². The van der Waals surface area contributed by atoms with Crippen molar-refractivity contribution < 1.29 is 4.74 Å². The number of likely N-dealkylation sites (tertiary alicyclic amines) is 1. The summed E-state index contributed by atoms with van der Waals surface area (Å²) in [4.78, 5) is 9.46. The molecular formula is C22H45IN4O. The van der Waals surface area contributed by atoms with Gasteiger partial charge in [0.25, 0.3) is 0 Å². The highest BCUT2D eigenvalue weighted by Gasteiger charge is 2.24. The van der Waals surface area contributed by atoms with Gasteiger partial charge in [0, 0.05) is 51.9 Å². The number of aliphatic imine (C=N–C) groups is 1. The molecular weight excluding hydrogens is 463 g/mol. The highest BCUT2D eigenvalue weighted by atomic mass is 127. The van der Waals surface area contributed by atoms with E-state index in [0.717, 1.165) is 63.9 Å². The van der Waals surface area contributed by atoms with Gasteiger partial charge in [-0.25, -0.2) is 0 Å². The molecule has 0 aromatic rings. The van der Waals surface area contributed by atoms with Gasteiger partial charge in [-0.15, -0.1) is 24.0 Å². The van der Waals surface area contributed by atoms with Crippen molar-refractivity contribution in [1.29, 1.82) is 0 Å². The summed E-state index contributed by atoms with van der Waals surface area (Å²) in [6.45, 7) is 14.3. The largest absolute Gasteiger partial charge is 0.378 e. The van der Waals surface area contributed by atoms with Gasteiger partial charge in [0.05, 0.1) is 6.10 Å². The molecule has 1 heterocycles. The number of hydrogen-bond donors (Lipinski definition) is 1. The van der Waals surface area contributed by atoms with Gasteiger partial charge in [0.2, 0.25) is 0 Å². The average Bonchev–Trinajstić information content (AvgIpc) is 3.16. The van der Waals surface area contributed by atoms with Crippen molar-refractivity contribution in [2.45, 2.75) is 90.8 Å². The van der Waals surface area contributed by atoms with Gasteiger partial charge >= 0.3 is 0 Å². The Hall–Kier alpha value is -0.0800. The van der Waals surface area contributed by atoms with Crippen LogP contribution < -0.4 is 5.32 Å². The summed E-state index contributed by atoms with van der Waals surface area (Å²) in [7, 11) is 1.90. The van der Waals surface area contributed by atoms with Crippen molar-refractivity contribution in [2.75, 3.05) is 39.8 Å². The van der Waals surface area contributed by atoms with Crippen molar-refractivity contribution in [1.82, 2.24) is 15.1 Å². The molecule has 166 valence electrons. The Balaban J connectivity index is 0.00000392. The van der Waals surface area contributed by atoms with E-state index in [9.17, 15) is 0 Å². The van der Waals surface area contributed by atoms with Crippen molar-refractivity contribution in [2.24, 2.45) is 10.9 Å². The summed E-state index contributed by atoms with van der Waals surface area (Å²) in [6.07, 6.45) is 9.41. The first-order chi connectivity index (χ1) is 13.0. The molecule has 2 aliphatic rings. The zero-order valence-electron chi connectivity index (χ0n) is 19.0. The molecule has 28 heavy (non-hydrogen) atoms. The summed E-state index contributed by atoms with van der Waals surface area (Å²) in [5.74, 6) is 1.89. The maximum Gasteiger partial charge on any atom is 0.193 e. The van der Waals surface area contributed by atoms with E-state index < -0.39 is 0 Å². The topological polar surface area (TPSA) is 40.1 Å². The van der Waals surface area contributed by atoms with Crippen LogP contribution in [-0.4, -0.2) is 73.8 Å². The Bertz CT molecular complexity index is 422. The summed E-state index contributed by atoms with van der Waals surface area (Å²) in [5.41, 5.74) is 0. The molecule has 1 saturated carbocycles. The van der Waals surface area contributed by atoms with Crippen LogP contribution in [0.15, 0.2) is 4.99 Å². The molecule has 1 aliphatic carbocycles. The first-order valence-corrected chi connectivity index (χ1v) is 11.3. The summed E-state index contributed by atoms with van der Waals surface area (Å²) in [6, 6.07) is 1.21. The molecule has 6 heteroatoms. The Morgan fingerprint density at radius 2 is 1.68 bits per heavy atom. The molecule has 0 amide bonds. The lowest BCUT2D eigenvalue weighted by Gasteiger charge is -2.35. The van der Waals surface area contributed by atoms with Crippen LogP contribution in [0.25, 0.3) is 0 Å². The van der Waals surface area contributed by atoms with Crippen LogP contribution in [0.3, 0.4) is 0 Å². The molecule has 1 aliphatic heterocycles. The second-order valence-corrected chi connectivity index (χ2v) is 8.92. The van der Waals surface area contributed by atoms with Gasteiger partial charge in [-0.2, -0.15) is 0 Å². The van der Waals surface area contributed by atoms with E-state index in [1.54, 1.807) is 0 Å². The second-order valence-electron chi connectivity index (χ2n) is 8.92. The van der Waals surface area contributed by atoms with E-state index in [2.05, 4.69) is 47.8 Å². The Kier molecular flexibility index (Phi) is 13.0. The van der Waals surface area contributed by atoms with Crippen molar-refractivity contribution in [3.05, 3.63) is 0 Å². The average molecular weight is 509 g/mol. The minimum Gasteiger partial charge on any atom is -0.378 e. The third-order valence-electron chi connectivity index (χ3n) is 6.20. The normalized spacial score (nSPS) is 19.7. The summed E-state index contributed by atoms with van der Waals surface area (Å²) < 4.78 is 6.21. The highest BCUT2D eigenvalue weighted by Crippen LogP contribution is 2.26. The Morgan fingerprint density at radius 1 is 1.07 bits per heavy atom. The number of nitrogens with one attached hydrogen (secondary N) is 1. The number of halogens is 1. The fraction of sp³-hybridized carbons (Fsp3) is 0.955. The van der Waals surface area contributed by atoms with E-state index in [0.29, 0.717) is 18.2 Å². The molecule has 1 saturated heterocycles. The third kappa shape index (κ3) is 8.74. The SMILES string of the molecule is CN=C(NCCCN(C(C)C)C(C)C)N1CCC(OCC2CCCC2)CC1.I. The Morgan fingerprint density at radius 3 is 2.21 bits per heavy atom. The molecule has 2 fully saturated rings. The predicted molar refractivity (Wildman–Crippen MR) is 131 cm³/mol. The van der Waals surface area contributed by atoms with Gasteiger partial charge in [0.1, 0.15) is 0 Å². The maximum absolute atomic E-state index is 6.21. The molecule has 0 aromatic heterocycles. The van der Waals surface area contributed by atoms with Gasteiger partial charge in [-0.3, -0.25) is 9.89 Å². The third-order valence-corrected chi connectivity index (χ3v) is 6.20. The standard InChI is InChI=1S/C22H44N4O.HI/c1-18(2)26(19(3)4)14-8-13-24-22(23-5)25-15-11-21(12-16-25)27-17-20-9-6-7-10-20;/h18-21H,6-17H2,1-5H3,(H,23,24);1H. The lowest BCUT2D eigenvalue weighted by atomic mass is 10.1. The smallest absolute Gasteiger partial charge is 0.193 e. The fourth-order valence-electron chi connectivity index (χ4n) is 4.59. The first kappa shape index (κ1) is 26.0. The van der Waals surface area contributed by atoms with E-state index in [1.807, 2.05) is 7.05 Å². The molecule has 0 spiro atoms. The highest BCUT2D eigenvalue weighted by molar-refractivity contribution is 14.0. The Labute approximate surface area is 191 Å². The predicted octanol–water partition coefficient (Wildman–Crippen LogP) is 4.36. The van der Waals surface area contributed by atoms with Gasteiger partial charge < -0.3 is 15.0 Å². The van der Waals surface area contributed by atoms with Crippen LogP contribution in [0, 0.1) is 5.92 Å². The molecule has 0 aromatic carbocycles. The molecule has 2 rings (SSSR count). The molecule has 0 atom stereocenters. The van der Waals surface area contributed by atoms with E-state index in [-0.39, 0.29) is 24.0 Å². The lowest BCUT2D eigenvalue weighted by Crippen LogP contribution is -2.47. The second kappa shape index (κ2) is 14.0. The maximum atomic E-state index is 6.21. The summed E-state index contributed by atoms with van der Waals surface area (Å²) >= 11 is 0. The first-order valence-electron chi connectivity index (χ1n) is 11.3. The molecule has 0 unspecified atom stereocenters. The van der Waals surface area contributed by atoms with Crippen molar-refractivity contribution in [3.63, 3.8) is 0 Å². The molecule has 5 nitrogen and oxygen atoms in total. The van der Waals surface area contributed by atoms with Gasteiger partial charge in [-0.1, -0.05) is 12.8 Å². The van der Waals surface area contributed by atoms with Crippen LogP contribution in [0.4, 0.5) is 0 Å². The van der Waals surface area contributed by atoms with Gasteiger partial charge in [0.15, 0.2) is 5.96 Å². The fourth-order valence-corrected chi connectivity index (χ4v) is 4.59. The van der Waals surface area contributed by atoms with E-state index in [4.69, 9.17) is 4.74 Å². The zero-order chi connectivity index (χ0) is 19.6. The van der Waals surface area contributed by atoms with Crippen LogP contribution in [0.1, 0.15) is 72.6 Å².